The van der Waals surface area contributed by atoms with Gasteiger partial charge in [0, 0.05) is 24.0 Å². The molecule has 1 fully saturated rings. The summed E-state index contributed by atoms with van der Waals surface area (Å²) in [4.78, 5) is 28.7. The van der Waals surface area contributed by atoms with Crippen molar-refractivity contribution in [3.63, 3.8) is 0 Å². The monoisotopic (exact) mass is 421 g/mol. The lowest BCUT2D eigenvalue weighted by atomic mass is 10.0. The first-order valence-electron chi connectivity index (χ1n) is 9.93. The van der Waals surface area contributed by atoms with Gasteiger partial charge < -0.3 is 5.32 Å². The average molecular weight is 422 g/mol. The number of amides is 1. The molecule has 0 saturated heterocycles. The SMILES string of the molecule is CC(=O)[C@H](Cc1ccccc1)NC(=O)CSc1nnc(-c2cccnc2)n1C1CC1. The number of rotatable bonds is 9. The molecule has 3 aromatic rings. The zero-order chi connectivity index (χ0) is 20.9. The zero-order valence-corrected chi connectivity index (χ0v) is 17.5. The maximum absolute atomic E-state index is 12.5. The molecule has 2 aromatic heterocycles. The molecule has 1 saturated carbocycles. The number of hydrogen-bond acceptors (Lipinski definition) is 6. The molecule has 4 rings (SSSR count). The second kappa shape index (κ2) is 9.21. The van der Waals surface area contributed by atoms with Gasteiger partial charge in [0.15, 0.2) is 16.8 Å². The van der Waals surface area contributed by atoms with E-state index in [1.807, 2.05) is 42.5 Å². The lowest BCUT2D eigenvalue weighted by Crippen LogP contribution is -2.42. The topological polar surface area (TPSA) is 89.8 Å². The molecule has 1 aliphatic rings. The van der Waals surface area contributed by atoms with Gasteiger partial charge in [-0.3, -0.25) is 19.1 Å². The molecule has 30 heavy (non-hydrogen) atoms. The summed E-state index contributed by atoms with van der Waals surface area (Å²) in [6.07, 6.45) is 6.13. The fourth-order valence-electron chi connectivity index (χ4n) is 3.24. The Morgan fingerprint density at radius 2 is 1.97 bits per heavy atom. The van der Waals surface area contributed by atoms with Gasteiger partial charge >= 0.3 is 0 Å². The maximum Gasteiger partial charge on any atom is 0.231 e. The van der Waals surface area contributed by atoms with Gasteiger partial charge in [-0.1, -0.05) is 42.1 Å². The molecule has 7 nitrogen and oxygen atoms in total. The molecule has 1 N–H and O–H groups in total. The van der Waals surface area contributed by atoms with Crippen LogP contribution in [0.1, 0.15) is 31.4 Å². The van der Waals surface area contributed by atoms with Gasteiger partial charge in [-0.25, -0.2) is 0 Å². The minimum Gasteiger partial charge on any atom is -0.345 e. The third-order valence-corrected chi connectivity index (χ3v) is 5.88. The van der Waals surface area contributed by atoms with Crippen molar-refractivity contribution in [1.29, 1.82) is 0 Å². The number of nitrogens with zero attached hydrogens (tertiary/aromatic N) is 4. The van der Waals surface area contributed by atoms with Gasteiger partial charge in [-0.05, 0) is 43.9 Å². The Balaban J connectivity index is 1.41. The lowest BCUT2D eigenvalue weighted by molar-refractivity contribution is -0.125. The van der Waals surface area contributed by atoms with E-state index in [0.29, 0.717) is 17.6 Å². The first-order valence-corrected chi connectivity index (χ1v) is 10.9. The number of Topliss-reactive ketones (excluding diaryl/α,β-unsaturated/α-hetero) is 1. The van der Waals surface area contributed by atoms with Crippen molar-refractivity contribution >= 4 is 23.5 Å². The minimum absolute atomic E-state index is 0.0581. The molecule has 0 radical (unpaired) electrons. The number of pyridine rings is 1. The van der Waals surface area contributed by atoms with Gasteiger partial charge in [0.2, 0.25) is 5.91 Å². The fraction of sp³-hybridized carbons (Fsp3) is 0.318. The van der Waals surface area contributed by atoms with Crippen LogP contribution in [0.15, 0.2) is 60.0 Å². The molecule has 1 atom stereocenters. The van der Waals surface area contributed by atoms with Crippen molar-refractivity contribution in [2.24, 2.45) is 0 Å². The highest BCUT2D eigenvalue weighted by Crippen LogP contribution is 2.40. The fourth-order valence-corrected chi connectivity index (χ4v) is 4.06. The zero-order valence-electron chi connectivity index (χ0n) is 16.7. The second-order valence-corrected chi connectivity index (χ2v) is 8.30. The van der Waals surface area contributed by atoms with E-state index in [4.69, 9.17) is 0 Å². The quantitative estimate of drug-likeness (QED) is 0.534. The molecule has 1 aliphatic carbocycles. The van der Waals surface area contributed by atoms with Crippen molar-refractivity contribution < 1.29 is 9.59 Å². The second-order valence-electron chi connectivity index (χ2n) is 7.36. The van der Waals surface area contributed by atoms with E-state index in [2.05, 4.69) is 25.1 Å². The Morgan fingerprint density at radius 3 is 2.63 bits per heavy atom. The van der Waals surface area contributed by atoms with E-state index in [1.165, 1.54) is 18.7 Å². The van der Waals surface area contributed by atoms with Crippen LogP contribution >= 0.6 is 11.8 Å². The largest absolute Gasteiger partial charge is 0.345 e. The molecule has 1 aromatic carbocycles. The number of thioether (sulfide) groups is 1. The van der Waals surface area contributed by atoms with Crippen LogP contribution in [-0.2, 0) is 16.0 Å². The van der Waals surface area contributed by atoms with Crippen LogP contribution in [0.3, 0.4) is 0 Å². The van der Waals surface area contributed by atoms with E-state index in [-0.39, 0.29) is 17.4 Å². The Morgan fingerprint density at radius 1 is 1.17 bits per heavy atom. The highest BCUT2D eigenvalue weighted by molar-refractivity contribution is 7.99. The Labute approximate surface area is 179 Å². The summed E-state index contributed by atoms with van der Waals surface area (Å²) in [6.45, 7) is 1.50. The Hall–Kier alpha value is -3.00. The normalized spacial score (nSPS) is 14.3. The van der Waals surface area contributed by atoms with Crippen LogP contribution in [-0.4, -0.2) is 43.2 Å². The van der Waals surface area contributed by atoms with Crippen molar-refractivity contribution in [2.45, 2.75) is 43.4 Å². The molecular formula is C22H23N5O2S. The summed E-state index contributed by atoms with van der Waals surface area (Å²) in [5, 5.41) is 12.2. The summed E-state index contributed by atoms with van der Waals surface area (Å²) in [6, 6.07) is 13.3. The molecular weight excluding hydrogens is 398 g/mol. The first-order chi connectivity index (χ1) is 14.6. The van der Waals surface area contributed by atoms with Crippen molar-refractivity contribution in [3.8, 4) is 11.4 Å². The molecule has 0 spiro atoms. The van der Waals surface area contributed by atoms with Crippen LogP contribution in [0.4, 0.5) is 0 Å². The van der Waals surface area contributed by atoms with Gasteiger partial charge in [0.25, 0.3) is 0 Å². The van der Waals surface area contributed by atoms with Crippen LogP contribution in [0.2, 0.25) is 0 Å². The molecule has 0 bridgehead atoms. The number of benzene rings is 1. The highest BCUT2D eigenvalue weighted by atomic mass is 32.2. The molecule has 1 amide bonds. The third kappa shape index (κ3) is 4.94. The number of hydrogen-bond donors (Lipinski definition) is 1. The van der Waals surface area contributed by atoms with E-state index in [9.17, 15) is 9.59 Å². The summed E-state index contributed by atoms with van der Waals surface area (Å²) >= 11 is 1.34. The predicted molar refractivity (Wildman–Crippen MR) is 115 cm³/mol. The van der Waals surface area contributed by atoms with E-state index >= 15 is 0 Å². The van der Waals surface area contributed by atoms with E-state index in [1.54, 1.807) is 12.4 Å². The Bertz CT molecular complexity index is 1020. The van der Waals surface area contributed by atoms with Crippen molar-refractivity contribution in [1.82, 2.24) is 25.1 Å². The number of carbonyl (C=O) groups is 2. The molecule has 0 unspecified atom stereocenters. The molecule has 0 aliphatic heterocycles. The van der Waals surface area contributed by atoms with Gasteiger partial charge in [-0.2, -0.15) is 0 Å². The smallest absolute Gasteiger partial charge is 0.231 e. The number of ketones is 1. The predicted octanol–water partition coefficient (Wildman–Crippen LogP) is 3.08. The van der Waals surface area contributed by atoms with Crippen molar-refractivity contribution in [3.05, 3.63) is 60.4 Å². The van der Waals surface area contributed by atoms with Crippen LogP contribution in [0.25, 0.3) is 11.4 Å². The molecule has 154 valence electrons. The van der Waals surface area contributed by atoms with Crippen LogP contribution in [0, 0.1) is 0 Å². The first kappa shape index (κ1) is 20.3. The summed E-state index contributed by atoms with van der Waals surface area (Å²) in [5.41, 5.74) is 1.92. The summed E-state index contributed by atoms with van der Waals surface area (Å²) in [7, 11) is 0. The van der Waals surface area contributed by atoms with Crippen LogP contribution in [0.5, 0.6) is 0 Å². The standard InChI is InChI=1S/C22H23N5O2S/c1-15(28)19(12-16-6-3-2-4-7-16)24-20(29)14-30-22-26-25-21(27(22)18-9-10-18)17-8-5-11-23-13-17/h2-8,11,13,18-19H,9-10,12,14H2,1H3,(H,24,29)/t19-/m0/s1. The van der Waals surface area contributed by atoms with Crippen LogP contribution < -0.4 is 5.32 Å². The van der Waals surface area contributed by atoms with Gasteiger partial charge in [-0.15, -0.1) is 10.2 Å². The third-order valence-electron chi connectivity index (χ3n) is 4.94. The van der Waals surface area contributed by atoms with Crippen molar-refractivity contribution in [2.75, 3.05) is 5.75 Å². The number of aromatic nitrogens is 4. The van der Waals surface area contributed by atoms with E-state index < -0.39 is 6.04 Å². The summed E-state index contributed by atoms with van der Waals surface area (Å²) in [5.74, 6) is 0.706. The molecule has 2 heterocycles. The van der Waals surface area contributed by atoms with E-state index in [0.717, 1.165) is 29.8 Å². The summed E-state index contributed by atoms with van der Waals surface area (Å²) < 4.78 is 2.10. The minimum atomic E-state index is -0.534. The lowest BCUT2D eigenvalue weighted by Gasteiger charge is -2.16. The maximum atomic E-state index is 12.5. The van der Waals surface area contributed by atoms with Gasteiger partial charge in [0.05, 0.1) is 11.8 Å². The average Bonchev–Trinajstić information content (AvgIpc) is 3.52. The highest BCUT2D eigenvalue weighted by Gasteiger charge is 2.30. The molecule has 8 heteroatoms. The number of nitrogens with one attached hydrogen (secondary N) is 1. The number of carbonyl (C=O) groups excluding carboxylic acids is 2. The Kier molecular flexibility index (Phi) is 6.23. The van der Waals surface area contributed by atoms with Gasteiger partial charge in [0.1, 0.15) is 0 Å².